The van der Waals surface area contributed by atoms with Gasteiger partial charge in [0.15, 0.2) is 0 Å². The van der Waals surface area contributed by atoms with Crippen LogP contribution in [0.3, 0.4) is 0 Å². The molecule has 3 aromatic rings. The van der Waals surface area contributed by atoms with Crippen LogP contribution >= 0.6 is 0 Å². The topological polar surface area (TPSA) is 85.2 Å². The molecule has 7 nitrogen and oxygen atoms in total. The van der Waals surface area contributed by atoms with Crippen LogP contribution in [-0.2, 0) is 4.79 Å². The van der Waals surface area contributed by atoms with Gasteiger partial charge in [0, 0.05) is 30.8 Å². The van der Waals surface area contributed by atoms with E-state index < -0.39 is 0 Å². The molecule has 1 aliphatic rings. The molecule has 0 bridgehead atoms. The predicted octanol–water partition coefficient (Wildman–Crippen LogP) is 3.11. The van der Waals surface area contributed by atoms with Crippen molar-refractivity contribution in [2.45, 2.75) is 19.8 Å². The lowest BCUT2D eigenvalue weighted by molar-refractivity contribution is -0.122. The second-order valence-electron chi connectivity index (χ2n) is 7.72. The van der Waals surface area contributed by atoms with E-state index >= 15 is 0 Å². The summed E-state index contributed by atoms with van der Waals surface area (Å²) in [7, 11) is 1.60. The fourth-order valence-corrected chi connectivity index (χ4v) is 3.30. The van der Waals surface area contributed by atoms with Crippen molar-refractivity contribution in [2.24, 2.45) is 5.92 Å². The first kappa shape index (κ1) is 20.7. The summed E-state index contributed by atoms with van der Waals surface area (Å²) in [5, 5.41) is 10.4. The van der Waals surface area contributed by atoms with Gasteiger partial charge in [-0.2, -0.15) is 5.10 Å². The average molecular weight is 418 g/mol. The van der Waals surface area contributed by atoms with Crippen LogP contribution in [-0.4, -0.2) is 41.8 Å². The van der Waals surface area contributed by atoms with Gasteiger partial charge in [0.05, 0.1) is 18.4 Å². The van der Waals surface area contributed by atoms with Crippen molar-refractivity contribution >= 4 is 11.8 Å². The van der Waals surface area contributed by atoms with Gasteiger partial charge >= 0.3 is 0 Å². The van der Waals surface area contributed by atoms with Crippen LogP contribution in [0.1, 0.15) is 28.8 Å². The minimum atomic E-state index is -0.239. The van der Waals surface area contributed by atoms with E-state index in [0.717, 1.165) is 29.7 Å². The summed E-state index contributed by atoms with van der Waals surface area (Å²) >= 11 is 0. The molecule has 1 heterocycles. The van der Waals surface area contributed by atoms with Crippen LogP contribution in [0.2, 0.25) is 0 Å². The Kier molecular flexibility index (Phi) is 6.02. The summed E-state index contributed by atoms with van der Waals surface area (Å²) in [5.41, 5.74) is 3.83. The van der Waals surface area contributed by atoms with E-state index in [1.165, 1.54) is 0 Å². The minimum Gasteiger partial charge on any atom is -0.497 e. The molecule has 0 aliphatic heterocycles. The maximum atomic E-state index is 13.0. The average Bonchev–Trinajstić information content (AvgIpc) is 3.55. The fraction of sp³-hybridized carbons (Fsp3) is 0.292. The second-order valence-corrected chi connectivity index (χ2v) is 7.72. The van der Waals surface area contributed by atoms with Gasteiger partial charge in [0.1, 0.15) is 11.4 Å². The van der Waals surface area contributed by atoms with E-state index in [9.17, 15) is 9.59 Å². The molecule has 0 atom stereocenters. The first-order valence-corrected chi connectivity index (χ1v) is 10.4. The summed E-state index contributed by atoms with van der Waals surface area (Å²) < 4.78 is 7.04. The molecule has 2 N–H and O–H groups in total. The third-order valence-electron chi connectivity index (χ3n) is 5.26. The SMILES string of the molecule is COc1cccc(-c2nn(-c3ccc(C)cc3)cc2C(=O)NCCNC(=O)C2CC2)c1. The predicted molar refractivity (Wildman–Crippen MR) is 118 cm³/mol. The molecule has 0 unspecified atom stereocenters. The largest absolute Gasteiger partial charge is 0.497 e. The first-order valence-electron chi connectivity index (χ1n) is 10.4. The number of amides is 2. The van der Waals surface area contributed by atoms with Crippen LogP contribution in [0, 0.1) is 12.8 Å². The number of ether oxygens (including phenoxy) is 1. The van der Waals surface area contributed by atoms with Crippen molar-refractivity contribution in [3.8, 4) is 22.7 Å². The molecule has 0 radical (unpaired) electrons. The van der Waals surface area contributed by atoms with E-state index in [-0.39, 0.29) is 17.7 Å². The van der Waals surface area contributed by atoms with E-state index in [2.05, 4.69) is 10.6 Å². The number of rotatable bonds is 8. The van der Waals surface area contributed by atoms with Gasteiger partial charge in [-0.05, 0) is 44.0 Å². The quantitative estimate of drug-likeness (QED) is 0.551. The van der Waals surface area contributed by atoms with Gasteiger partial charge in [0.25, 0.3) is 5.91 Å². The Hall–Kier alpha value is -3.61. The Labute approximate surface area is 181 Å². The Morgan fingerprint density at radius 1 is 1.10 bits per heavy atom. The van der Waals surface area contributed by atoms with E-state index in [1.54, 1.807) is 18.0 Å². The lowest BCUT2D eigenvalue weighted by Gasteiger charge is -2.07. The smallest absolute Gasteiger partial charge is 0.255 e. The number of hydrogen-bond acceptors (Lipinski definition) is 4. The number of aryl methyl sites for hydroxylation is 1. The Morgan fingerprint density at radius 3 is 2.55 bits per heavy atom. The van der Waals surface area contributed by atoms with Crippen molar-refractivity contribution < 1.29 is 14.3 Å². The number of carbonyl (C=O) groups excluding carboxylic acids is 2. The van der Waals surface area contributed by atoms with Crippen molar-refractivity contribution in [1.82, 2.24) is 20.4 Å². The highest BCUT2D eigenvalue weighted by molar-refractivity contribution is 6.00. The number of methoxy groups -OCH3 is 1. The van der Waals surface area contributed by atoms with E-state index in [4.69, 9.17) is 9.84 Å². The Bertz CT molecular complexity index is 1080. The highest BCUT2D eigenvalue weighted by atomic mass is 16.5. The van der Waals surface area contributed by atoms with Crippen LogP contribution < -0.4 is 15.4 Å². The molecule has 0 saturated heterocycles. The Morgan fingerprint density at radius 2 is 1.84 bits per heavy atom. The van der Waals surface area contributed by atoms with Gasteiger partial charge < -0.3 is 15.4 Å². The molecule has 2 aromatic carbocycles. The van der Waals surface area contributed by atoms with Gasteiger partial charge in [-0.3, -0.25) is 9.59 Å². The molecule has 1 aromatic heterocycles. The standard InChI is InChI=1S/C24H26N4O3/c1-16-6-10-19(11-7-16)28-15-21(22(27-28)18-4-3-5-20(14-18)31-2)24(30)26-13-12-25-23(29)17-8-9-17/h3-7,10-11,14-15,17H,8-9,12-13H2,1-2H3,(H,25,29)(H,26,30). The fourth-order valence-electron chi connectivity index (χ4n) is 3.30. The molecule has 2 amide bonds. The number of carbonyl (C=O) groups is 2. The number of aromatic nitrogens is 2. The van der Waals surface area contributed by atoms with E-state index in [1.807, 2.05) is 55.5 Å². The summed E-state index contributed by atoms with van der Waals surface area (Å²) in [5.74, 6) is 0.676. The van der Waals surface area contributed by atoms with Crippen LogP contribution in [0.5, 0.6) is 5.75 Å². The Balaban J connectivity index is 1.56. The number of benzene rings is 2. The third-order valence-corrected chi connectivity index (χ3v) is 5.26. The normalized spacial score (nSPS) is 13.0. The van der Waals surface area contributed by atoms with E-state index in [0.29, 0.717) is 30.1 Å². The summed E-state index contributed by atoms with van der Waals surface area (Å²) in [4.78, 5) is 24.7. The van der Waals surface area contributed by atoms with Crippen molar-refractivity contribution in [3.05, 3.63) is 65.9 Å². The first-order chi connectivity index (χ1) is 15.0. The van der Waals surface area contributed by atoms with Crippen molar-refractivity contribution in [2.75, 3.05) is 20.2 Å². The van der Waals surface area contributed by atoms with Crippen molar-refractivity contribution in [3.63, 3.8) is 0 Å². The molecule has 0 spiro atoms. The highest BCUT2D eigenvalue weighted by Crippen LogP contribution is 2.29. The molecule has 31 heavy (non-hydrogen) atoms. The molecular weight excluding hydrogens is 392 g/mol. The second kappa shape index (κ2) is 9.04. The molecule has 4 rings (SSSR count). The maximum absolute atomic E-state index is 13.0. The molecule has 160 valence electrons. The van der Waals surface area contributed by atoms with Gasteiger partial charge in [-0.1, -0.05) is 29.8 Å². The monoisotopic (exact) mass is 418 g/mol. The van der Waals surface area contributed by atoms with Crippen LogP contribution in [0.15, 0.2) is 54.7 Å². The van der Waals surface area contributed by atoms with Gasteiger partial charge in [-0.15, -0.1) is 0 Å². The molecule has 1 aliphatic carbocycles. The lowest BCUT2D eigenvalue weighted by Crippen LogP contribution is -2.35. The zero-order valence-corrected chi connectivity index (χ0v) is 17.7. The van der Waals surface area contributed by atoms with Gasteiger partial charge in [0.2, 0.25) is 5.91 Å². The summed E-state index contributed by atoms with van der Waals surface area (Å²) in [6, 6.07) is 15.4. The third kappa shape index (κ3) is 4.94. The molecular formula is C24H26N4O3. The van der Waals surface area contributed by atoms with Gasteiger partial charge in [-0.25, -0.2) is 4.68 Å². The zero-order chi connectivity index (χ0) is 21.8. The van der Waals surface area contributed by atoms with Crippen molar-refractivity contribution in [1.29, 1.82) is 0 Å². The maximum Gasteiger partial charge on any atom is 0.255 e. The number of hydrogen-bond donors (Lipinski definition) is 2. The lowest BCUT2D eigenvalue weighted by atomic mass is 10.1. The summed E-state index contributed by atoms with van der Waals surface area (Å²) in [6.07, 6.45) is 3.65. The minimum absolute atomic E-state index is 0.0681. The number of nitrogens with zero attached hydrogens (tertiary/aromatic N) is 2. The van der Waals surface area contributed by atoms with Crippen LogP contribution in [0.4, 0.5) is 0 Å². The molecule has 1 saturated carbocycles. The van der Waals surface area contributed by atoms with Crippen LogP contribution in [0.25, 0.3) is 16.9 Å². The summed E-state index contributed by atoms with van der Waals surface area (Å²) in [6.45, 7) is 2.78. The zero-order valence-electron chi connectivity index (χ0n) is 17.7. The number of nitrogens with one attached hydrogen (secondary N) is 2. The molecule has 7 heteroatoms. The highest BCUT2D eigenvalue weighted by Gasteiger charge is 2.29. The molecule has 1 fully saturated rings.